The van der Waals surface area contributed by atoms with Crippen LogP contribution < -0.4 is 16.0 Å². The number of hydrogen-bond acceptors (Lipinski definition) is 7. The van der Waals surface area contributed by atoms with Crippen molar-refractivity contribution in [2.45, 2.75) is 23.3 Å². The molecule has 2 heterocycles. The quantitative estimate of drug-likeness (QED) is 0.493. The molecule has 0 radical (unpaired) electrons. The number of nitrogens with zero attached hydrogens (tertiary/aromatic N) is 2. The number of nitrogens with one attached hydrogen (secondary N) is 3. The second kappa shape index (κ2) is 9.51. The van der Waals surface area contributed by atoms with E-state index in [1.54, 1.807) is 12.1 Å². The van der Waals surface area contributed by atoms with Crippen molar-refractivity contribution in [3.63, 3.8) is 0 Å². The number of carbonyl (C=O) groups excluding carboxylic acids is 2. The van der Waals surface area contributed by atoms with Gasteiger partial charge in [-0.15, -0.1) is 10.2 Å². The largest absolute Gasteiger partial charge is 0.376 e. The van der Waals surface area contributed by atoms with Crippen molar-refractivity contribution < 1.29 is 14.3 Å². The Morgan fingerprint density at radius 1 is 1.23 bits per heavy atom. The third-order valence-corrected chi connectivity index (χ3v) is 5.51. The number of carbonyl (C=O) groups is 2. The average Bonchev–Trinajstić information content (AvgIpc) is 3.31. The summed E-state index contributed by atoms with van der Waals surface area (Å²) in [4.78, 5) is 23.8. The summed E-state index contributed by atoms with van der Waals surface area (Å²) in [6, 6.07) is 8.72. The predicted molar refractivity (Wildman–Crippen MR) is 102 cm³/mol. The molecule has 1 aromatic carbocycles. The fourth-order valence-electron chi connectivity index (χ4n) is 2.31. The van der Waals surface area contributed by atoms with E-state index in [1.165, 1.54) is 23.1 Å². The van der Waals surface area contributed by atoms with Crippen LogP contribution in [0.15, 0.2) is 34.7 Å². The molecule has 26 heavy (non-hydrogen) atoms. The monoisotopic (exact) mass is 393 g/mol. The molecule has 0 aliphatic carbocycles. The molecule has 3 rings (SSSR count). The van der Waals surface area contributed by atoms with Crippen molar-refractivity contribution in [1.82, 2.24) is 15.5 Å². The molecule has 138 valence electrons. The van der Waals surface area contributed by atoms with Gasteiger partial charge in [-0.25, -0.2) is 4.79 Å². The minimum Gasteiger partial charge on any atom is -0.376 e. The normalized spacial score (nSPS) is 16.2. The zero-order valence-electron chi connectivity index (χ0n) is 13.9. The number of hydrogen-bond donors (Lipinski definition) is 3. The molecule has 1 aromatic heterocycles. The third kappa shape index (κ3) is 5.97. The Kier molecular flexibility index (Phi) is 6.81. The number of aromatic nitrogens is 2. The van der Waals surface area contributed by atoms with E-state index in [0.29, 0.717) is 21.7 Å². The smallest absolute Gasteiger partial charge is 0.325 e. The molecule has 1 fully saturated rings. The first kappa shape index (κ1) is 18.6. The topological polar surface area (TPSA) is 105 Å². The standard InChI is InChI=1S/C16H19N5O3S2/c22-13(17-9-12-7-4-8-24-12)10-25-16-21-20-15(26-16)19-14(23)18-11-5-2-1-3-6-11/h1-3,5-6,12H,4,7-10H2,(H,17,22)(H2,18,19,20,23). The van der Waals surface area contributed by atoms with Gasteiger partial charge in [0.15, 0.2) is 4.34 Å². The Morgan fingerprint density at radius 3 is 2.85 bits per heavy atom. The van der Waals surface area contributed by atoms with Gasteiger partial charge in [0, 0.05) is 18.8 Å². The summed E-state index contributed by atoms with van der Waals surface area (Å²) >= 11 is 2.50. The molecular weight excluding hydrogens is 374 g/mol. The van der Waals surface area contributed by atoms with E-state index in [9.17, 15) is 9.59 Å². The first-order valence-corrected chi connectivity index (χ1v) is 9.97. The first-order valence-electron chi connectivity index (χ1n) is 8.17. The van der Waals surface area contributed by atoms with Gasteiger partial charge in [0.25, 0.3) is 0 Å². The Hall–Kier alpha value is -2.17. The minimum atomic E-state index is -0.391. The summed E-state index contributed by atoms with van der Waals surface area (Å²) in [5, 5.41) is 16.4. The molecule has 1 atom stereocenters. The molecule has 1 saturated heterocycles. The third-order valence-electron chi connectivity index (χ3n) is 3.54. The van der Waals surface area contributed by atoms with Crippen LogP contribution in [-0.4, -0.2) is 47.1 Å². The van der Waals surface area contributed by atoms with E-state index in [4.69, 9.17) is 4.74 Å². The van der Waals surface area contributed by atoms with Gasteiger partial charge < -0.3 is 15.4 Å². The minimum absolute atomic E-state index is 0.0722. The van der Waals surface area contributed by atoms with E-state index in [1.807, 2.05) is 18.2 Å². The summed E-state index contributed by atoms with van der Waals surface area (Å²) in [6.07, 6.45) is 2.17. The Bertz CT molecular complexity index is 734. The van der Waals surface area contributed by atoms with Crippen LogP contribution in [-0.2, 0) is 9.53 Å². The number of thioether (sulfide) groups is 1. The number of para-hydroxylation sites is 1. The van der Waals surface area contributed by atoms with E-state index < -0.39 is 6.03 Å². The molecule has 10 heteroatoms. The van der Waals surface area contributed by atoms with Crippen LogP contribution in [0.4, 0.5) is 15.6 Å². The number of anilines is 2. The molecule has 1 aliphatic heterocycles. The van der Waals surface area contributed by atoms with Crippen molar-refractivity contribution in [2.75, 3.05) is 29.5 Å². The number of ether oxygens (including phenoxy) is 1. The van der Waals surface area contributed by atoms with Crippen molar-refractivity contribution in [3.05, 3.63) is 30.3 Å². The zero-order valence-corrected chi connectivity index (χ0v) is 15.6. The zero-order chi connectivity index (χ0) is 18.2. The lowest BCUT2D eigenvalue weighted by molar-refractivity contribution is -0.119. The highest BCUT2D eigenvalue weighted by atomic mass is 32.2. The summed E-state index contributed by atoms with van der Waals surface area (Å²) < 4.78 is 6.08. The maximum absolute atomic E-state index is 11.9. The van der Waals surface area contributed by atoms with Gasteiger partial charge in [-0.3, -0.25) is 10.1 Å². The maximum atomic E-state index is 11.9. The Labute approximate surface area is 159 Å². The summed E-state index contributed by atoms with van der Waals surface area (Å²) in [5.74, 6) is 0.175. The van der Waals surface area contributed by atoms with Gasteiger partial charge in [0.1, 0.15) is 0 Å². The average molecular weight is 393 g/mol. The lowest BCUT2D eigenvalue weighted by Gasteiger charge is -2.09. The Morgan fingerprint density at radius 2 is 2.08 bits per heavy atom. The number of urea groups is 1. The van der Waals surface area contributed by atoms with Crippen LogP contribution in [0.1, 0.15) is 12.8 Å². The second-order valence-electron chi connectivity index (χ2n) is 5.55. The number of benzene rings is 1. The summed E-state index contributed by atoms with van der Waals surface area (Å²) in [6.45, 7) is 1.32. The lowest BCUT2D eigenvalue weighted by atomic mass is 10.2. The summed E-state index contributed by atoms with van der Waals surface area (Å²) in [5.41, 5.74) is 0.687. The van der Waals surface area contributed by atoms with Crippen LogP contribution in [0.5, 0.6) is 0 Å². The van der Waals surface area contributed by atoms with Gasteiger partial charge in [0.05, 0.1) is 11.9 Å². The van der Waals surface area contributed by atoms with Gasteiger partial charge in [-0.1, -0.05) is 41.3 Å². The van der Waals surface area contributed by atoms with Crippen molar-refractivity contribution in [3.8, 4) is 0 Å². The van der Waals surface area contributed by atoms with Crippen LogP contribution in [0.25, 0.3) is 0 Å². The number of rotatable bonds is 7. The Balaban J connectivity index is 1.38. The molecule has 0 bridgehead atoms. The predicted octanol–water partition coefficient (Wildman–Crippen LogP) is 2.57. The fourth-order valence-corrected chi connectivity index (χ4v) is 3.89. The van der Waals surface area contributed by atoms with Crippen molar-refractivity contribution >= 4 is 45.9 Å². The first-order chi connectivity index (χ1) is 12.7. The van der Waals surface area contributed by atoms with Crippen LogP contribution in [0.2, 0.25) is 0 Å². The van der Waals surface area contributed by atoms with E-state index >= 15 is 0 Å². The van der Waals surface area contributed by atoms with Gasteiger partial charge >= 0.3 is 6.03 Å². The second-order valence-corrected chi connectivity index (χ2v) is 7.75. The van der Waals surface area contributed by atoms with Crippen LogP contribution in [0, 0.1) is 0 Å². The highest BCUT2D eigenvalue weighted by Crippen LogP contribution is 2.25. The molecule has 0 saturated carbocycles. The molecule has 3 amide bonds. The van der Waals surface area contributed by atoms with Crippen molar-refractivity contribution in [2.24, 2.45) is 0 Å². The van der Waals surface area contributed by atoms with Crippen LogP contribution >= 0.6 is 23.1 Å². The number of amides is 3. The molecule has 1 aliphatic rings. The van der Waals surface area contributed by atoms with Gasteiger partial charge in [-0.2, -0.15) is 0 Å². The molecule has 3 N–H and O–H groups in total. The van der Waals surface area contributed by atoms with Crippen LogP contribution in [0.3, 0.4) is 0 Å². The highest BCUT2D eigenvalue weighted by molar-refractivity contribution is 8.01. The van der Waals surface area contributed by atoms with Gasteiger partial charge in [-0.05, 0) is 25.0 Å². The lowest BCUT2D eigenvalue weighted by Crippen LogP contribution is -2.32. The van der Waals surface area contributed by atoms with Gasteiger partial charge in [0.2, 0.25) is 11.0 Å². The molecule has 1 unspecified atom stereocenters. The molecular formula is C16H19N5O3S2. The summed E-state index contributed by atoms with van der Waals surface area (Å²) in [7, 11) is 0. The maximum Gasteiger partial charge on any atom is 0.325 e. The SMILES string of the molecule is O=C(CSc1nnc(NC(=O)Nc2ccccc2)s1)NCC1CCCO1. The molecule has 2 aromatic rings. The molecule has 0 spiro atoms. The fraction of sp³-hybridized carbons (Fsp3) is 0.375. The highest BCUT2D eigenvalue weighted by Gasteiger charge is 2.16. The van der Waals surface area contributed by atoms with Crippen molar-refractivity contribution in [1.29, 1.82) is 0 Å². The van der Waals surface area contributed by atoms with E-state index in [2.05, 4.69) is 26.1 Å². The molecule has 8 nitrogen and oxygen atoms in total. The van der Waals surface area contributed by atoms with E-state index in [-0.39, 0.29) is 17.8 Å². The van der Waals surface area contributed by atoms with E-state index in [0.717, 1.165) is 19.4 Å².